The first-order valence-electron chi connectivity index (χ1n) is 8.68. The van der Waals surface area contributed by atoms with Gasteiger partial charge in [0.2, 0.25) is 5.91 Å². The molecule has 0 radical (unpaired) electrons. The van der Waals surface area contributed by atoms with Crippen LogP contribution < -0.4 is 5.43 Å². The van der Waals surface area contributed by atoms with E-state index in [1.54, 1.807) is 34.6 Å². The summed E-state index contributed by atoms with van der Waals surface area (Å²) < 4.78 is 10.6. The normalized spacial score (nSPS) is 12.4. The van der Waals surface area contributed by atoms with Crippen LogP contribution in [0.1, 0.15) is 40.2 Å². The molecular weight excluding hydrogens is 352 g/mol. The standard InChI is InChI=1S/C19H28N2O6/c1-13(2)16(22)21(20-18(25)27-19(3,4)5)15(17(23)24)12-26-11-14-9-7-6-8-10-14/h6-10,13,15H,11-12H2,1-5H3,(H,20,25)(H,23,24). The lowest BCUT2D eigenvalue weighted by atomic mass is 10.1. The SMILES string of the molecule is CC(C)C(=O)N(NC(=O)OC(C)(C)C)C(COCc1ccccc1)C(=O)O. The number of nitrogens with one attached hydrogen (secondary N) is 1. The van der Waals surface area contributed by atoms with E-state index < -0.39 is 35.5 Å². The summed E-state index contributed by atoms with van der Waals surface area (Å²) in [4.78, 5) is 36.2. The first-order chi connectivity index (χ1) is 12.5. The van der Waals surface area contributed by atoms with Gasteiger partial charge in [0, 0.05) is 5.92 Å². The van der Waals surface area contributed by atoms with E-state index in [1.807, 2.05) is 30.3 Å². The Balaban J connectivity index is 2.87. The molecular formula is C19H28N2O6. The van der Waals surface area contributed by atoms with E-state index in [-0.39, 0.29) is 13.2 Å². The number of carboxylic acid groups (broad SMARTS) is 1. The second-order valence-electron chi connectivity index (χ2n) is 7.33. The van der Waals surface area contributed by atoms with Gasteiger partial charge >= 0.3 is 12.1 Å². The molecule has 0 heterocycles. The fraction of sp³-hybridized carbons (Fsp3) is 0.526. The number of rotatable bonds is 7. The summed E-state index contributed by atoms with van der Waals surface area (Å²) in [7, 11) is 0. The van der Waals surface area contributed by atoms with Gasteiger partial charge in [-0.2, -0.15) is 0 Å². The first-order valence-corrected chi connectivity index (χ1v) is 8.68. The summed E-state index contributed by atoms with van der Waals surface area (Å²) >= 11 is 0. The molecule has 0 aliphatic heterocycles. The van der Waals surface area contributed by atoms with Gasteiger partial charge in [-0.15, -0.1) is 0 Å². The van der Waals surface area contributed by atoms with Crippen molar-refractivity contribution < 1.29 is 29.0 Å². The van der Waals surface area contributed by atoms with Crippen LogP contribution in [-0.2, 0) is 25.7 Å². The van der Waals surface area contributed by atoms with Crippen molar-refractivity contribution in [2.24, 2.45) is 5.92 Å². The second kappa shape index (κ2) is 9.91. The van der Waals surface area contributed by atoms with E-state index in [0.29, 0.717) is 0 Å². The average molecular weight is 380 g/mol. The lowest BCUT2D eigenvalue weighted by molar-refractivity contribution is -0.157. The van der Waals surface area contributed by atoms with Crippen molar-refractivity contribution in [2.75, 3.05) is 6.61 Å². The largest absolute Gasteiger partial charge is 0.480 e. The third-order valence-electron chi connectivity index (χ3n) is 3.33. The number of carbonyl (C=O) groups excluding carboxylic acids is 2. The molecule has 0 fully saturated rings. The van der Waals surface area contributed by atoms with Crippen molar-refractivity contribution in [2.45, 2.75) is 52.9 Å². The molecule has 8 nitrogen and oxygen atoms in total. The minimum absolute atomic E-state index is 0.181. The molecule has 27 heavy (non-hydrogen) atoms. The van der Waals surface area contributed by atoms with Crippen LogP contribution in [0.5, 0.6) is 0 Å². The predicted molar refractivity (Wildman–Crippen MR) is 98.6 cm³/mol. The molecule has 0 aliphatic carbocycles. The van der Waals surface area contributed by atoms with Gasteiger partial charge in [-0.1, -0.05) is 44.2 Å². The Kier molecular flexibility index (Phi) is 8.24. The fourth-order valence-electron chi connectivity index (χ4n) is 2.08. The maximum absolute atomic E-state index is 12.5. The van der Waals surface area contributed by atoms with E-state index in [1.165, 1.54) is 0 Å². The Hall–Kier alpha value is -2.61. The molecule has 1 rings (SSSR count). The molecule has 0 aromatic heterocycles. The summed E-state index contributed by atoms with van der Waals surface area (Å²) in [6, 6.07) is 7.82. The highest BCUT2D eigenvalue weighted by atomic mass is 16.6. The lowest BCUT2D eigenvalue weighted by Gasteiger charge is -2.31. The van der Waals surface area contributed by atoms with Gasteiger partial charge in [0.1, 0.15) is 5.60 Å². The molecule has 150 valence electrons. The number of carboxylic acids is 1. The molecule has 0 saturated heterocycles. The van der Waals surface area contributed by atoms with Gasteiger partial charge in [-0.25, -0.2) is 20.0 Å². The van der Waals surface area contributed by atoms with Crippen LogP contribution in [0.4, 0.5) is 4.79 Å². The van der Waals surface area contributed by atoms with Crippen molar-refractivity contribution in [1.82, 2.24) is 10.4 Å². The molecule has 0 aliphatic rings. The third-order valence-corrected chi connectivity index (χ3v) is 3.33. The molecule has 2 amide bonds. The predicted octanol–water partition coefficient (Wildman–Crippen LogP) is 2.58. The van der Waals surface area contributed by atoms with Crippen LogP contribution in [-0.4, -0.2) is 46.3 Å². The highest BCUT2D eigenvalue weighted by molar-refractivity contribution is 5.86. The van der Waals surface area contributed by atoms with Crippen molar-refractivity contribution in [3.8, 4) is 0 Å². The van der Waals surface area contributed by atoms with Crippen LogP contribution in [0.3, 0.4) is 0 Å². The van der Waals surface area contributed by atoms with Gasteiger partial charge in [-0.05, 0) is 26.3 Å². The van der Waals surface area contributed by atoms with Crippen molar-refractivity contribution >= 4 is 18.0 Å². The number of hydrazine groups is 1. The van der Waals surface area contributed by atoms with Gasteiger partial charge < -0.3 is 14.6 Å². The maximum atomic E-state index is 12.5. The zero-order valence-corrected chi connectivity index (χ0v) is 16.4. The topological polar surface area (TPSA) is 105 Å². The number of aliphatic carboxylic acids is 1. The highest BCUT2D eigenvalue weighted by Gasteiger charge is 2.34. The molecule has 0 spiro atoms. The number of benzene rings is 1. The number of ether oxygens (including phenoxy) is 2. The summed E-state index contributed by atoms with van der Waals surface area (Å²) in [6.07, 6.45) is -0.911. The first kappa shape index (κ1) is 22.4. The summed E-state index contributed by atoms with van der Waals surface area (Å²) in [5.74, 6) is -2.39. The minimum Gasteiger partial charge on any atom is -0.480 e. The molecule has 0 bridgehead atoms. The molecule has 8 heteroatoms. The molecule has 2 N–H and O–H groups in total. The highest BCUT2D eigenvalue weighted by Crippen LogP contribution is 2.11. The van der Waals surface area contributed by atoms with Crippen LogP contribution in [0.2, 0.25) is 0 Å². The second-order valence-corrected chi connectivity index (χ2v) is 7.33. The monoisotopic (exact) mass is 380 g/mol. The van der Waals surface area contributed by atoms with E-state index in [9.17, 15) is 19.5 Å². The minimum atomic E-state index is -1.39. The number of carbonyl (C=O) groups is 3. The fourth-order valence-corrected chi connectivity index (χ4v) is 2.08. The molecule has 0 saturated carbocycles. The third kappa shape index (κ3) is 8.08. The summed E-state index contributed by atoms with van der Waals surface area (Å²) in [6.45, 7) is 8.10. The number of hydrogen-bond acceptors (Lipinski definition) is 5. The van der Waals surface area contributed by atoms with Crippen LogP contribution in [0.15, 0.2) is 30.3 Å². The Morgan fingerprint density at radius 1 is 1.15 bits per heavy atom. The average Bonchev–Trinajstić information content (AvgIpc) is 2.55. The number of amides is 2. The molecule has 1 atom stereocenters. The smallest absolute Gasteiger partial charge is 0.426 e. The van der Waals surface area contributed by atoms with Crippen molar-refractivity contribution in [3.63, 3.8) is 0 Å². The molecule has 1 unspecified atom stereocenters. The van der Waals surface area contributed by atoms with Crippen molar-refractivity contribution in [3.05, 3.63) is 35.9 Å². The maximum Gasteiger partial charge on any atom is 0.426 e. The van der Waals surface area contributed by atoms with Crippen LogP contribution in [0, 0.1) is 5.92 Å². The Labute approximate surface area is 159 Å². The lowest BCUT2D eigenvalue weighted by Crippen LogP contribution is -2.58. The van der Waals surface area contributed by atoms with Crippen LogP contribution >= 0.6 is 0 Å². The van der Waals surface area contributed by atoms with E-state index >= 15 is 0 Å². The zero-order valence-electron chi connectivity index (χ0n) is 16.4. The number of hydrogen-bond donors (Lipinski definition) is 2. The van der Waals surface area contributed by atoms with Crippen molar-refractivity contribution in [1.29, 1.82) is 0 Å². The Morgan fingerprint density at radius 3 is 2.22 bits per heavy atom. The molecule has 1 aromatic carbocycles. The quantitative estimate of drug-likeness (QED) is 0.705. The van der Waals surface area contributed by atoms with Gasteiger partial charge in [0.15, 0.2) is 6.04 Å². The summed E-state index contributed by atoms with van der Waals surface area (Å²) in [5.41, 5.74) is 2.32. The van der Waals surface area contributed by atoms with Gasteiger partial charge in [-0.3, -0.25) is 4.79 Å². The van der Waals surface area contributed by atoms with Gasteiger partial charge in [0.05, 0.1) is 13.2 Å². The number of nitrogens with zero attached hydrogens (tertiary/aromatic N) is 1. The Bertz CT molecular complexity index is 639. The summed E-state index contributed by atoms with van der Waals surface area (Å²) in [5, 5.41) is 10.3. The van der Waals surface area contributed by atoms with Gasteiger partial charge in [0.25, 0.3) is 0 Å². The van der Waals surface area contributed by atoms with E-state index in [4.69, 9.17) is 9.47 Å². The zero-order chi connectivity index (χ0) is 20.6. The van der Waals surface area contributed by atoms with E-state index in [2.05, 4.69) is 5.43 Å². The van der Waals surface area contributed by atoms with E-state index in [0.717, 1.165) is 10.6 Å². The Morgan fingerprint density at radius 2 is 1.74 bits per heavy atom. The van der Waals surface area contributed by atoms with Crippen LogP contribution in [0.25, 0.3) is 0 Å². The molecule has 1 aromatic rings.